The quantitative estimate of drug-likeness (QED) is 0.779. The summed E-state index contributed by atoms with van der Waals surface area (Å²) in [6, 6.07) is 0.132. The molecule has 0 aromatic carbocycles. The molecule has 3 heterocycles. The van der Waals surface area contributed by atoms with Gasteiger partial charge in [-0.25, -0.2) is 4.98 Å². The van der Waals surface area contributed by atoms with Crippen LogP contribution in [0.15, 0.2) is 0 Å². The Morgan fingerprint density at radius 1 is 1.56 bits per heavy atom. The average molecular weight is 248 g/mol. The zero-order valence-corrected chi connectivity index (χ0v) is 10.5. The van der Waals surface area contributed by atoms with E-state index in [1.54, 1.807) is 4.68 Å². The van der Waals surface area contributed by atoms with Crippen LogP contribution in [0.1, 0.15) is 18.5 Å². The lowest BCUT2D eigenvalue weighted by molar-refractivity contribution is -0.119. The molecule has 1 fully saturated rings. The van der Waals surface area contributed by atoms with Gasteiger partial charge in [-0.2, -0.15) is 5.10 Å². The van der Waals surface area contributed by atoms with Crippen molar-refractivity contribution in [2.75, 3.05) is 5.73 Å². The van der Waals surface area contributed by atoms with Crippen molar-refractivity contribution in [3.8, 4) is 0 Å². The minimum atomic E-state index is 0.108. The van der Waals surface area contributed by atoms with Gasteiger partial charge in [0.25, 0.3) is 0 Å². The molecular formula is C11H16N6O. The molecule has 2 aromatic rings. The monoisotopic (exact) mass is 248 g/mol. The van der Waals surface area contributed by atoms with E-state index in [9.17, 15) is 4.79 Å². The summed E-state index contributed by atoms with van der Waals surface area (Å²) in [7, 11) is 1.88. The Labute approximate surface area is 104 Å². The Morgan fingerprint density at radius 3 is 3.00 bits per heavy atom. The van der Waals surface area contributed by atoms with Crippen LogP contribution in [-0.2, 0) is 18.4 Å². The highest BCUT2D eigenvalue weighted by Crippen LogP contribution is 2.21. The summed E-state index contributed by atoms with van der Waals surface area (Å²) >= 11 is 0. The second-order valence-electron chi connectivity index (χ2n) is 4.76. The van der Waals surface area contributed by atoms with Gasteiger partial charge < -0.3 is 11.1 Å². The van der Waals surface area contributed by atoms with Gasteiger partial charge >= 0.3 is 0 Å². The molecule has 1 atom stereocenters. The lowest BCUT2D eigenvalue weighted by Crippen LogP contribution is -2.30. The van der Waals surface area contributed by atoms with Gasteiger partial charge in [0.15, 0.2) is 5.65 Å². The summed E-state index contributed by atoms with van der Waals surface area (Å²) in [5.74, 6) is 0.582. The van der Waals surface area contributed by atoms with Crippen LogP contribution < -0.4 is 11.1 Å². The molecule has 1 aliphatic heterocycles. The normalized spacial score (nSPS) is 19.7. The van der Waals surface area contributed by atoms with Gasteiger partial charge in [0.1, 0.15) is 5.52 Å². The number of hydrogen-bond donors (Lipinski definition) is 2. The van der Waals surface area contributed by atoms with E-state index in [2.05, 4.69) is 15.4 Å². The number of fused-ring (bicyclic) bond motifs is 1. The number of aryl methyl sites for hydroxylation is 2. The summed E-state index contributed by atoms with van der Waals surface area (Å²) in [6.45, 7) is 2.56. The number of nitrogens with zero attached hydrogens (tertiary/aromatic N) is 4. The van der Waals surface area contributed by atoms with E-state index in [-0.39, 0.29) is 11.9 Å². The first-order valence-electron chi connectivity index (χ1n) is 6.01. The van der Waals surface area contributed by atoms with E-state index >= 15 is 0 Å². The highest BCUT2D eigenvalue weighted by Gasteiger charge is 2.24. The predicted octanol–water partition coefficient (Wildman–Crippen LogP) is -0.0610. The summed E-state index contributed by atoms with van der Waals surface area (Å²) in [5, 5.41) is 7.27. The molecule has 1 aliphatic rings. The molecule has 7 heteroatoms. The van der Waals surface area contributed by atoms with Crippen molar-refractivity contribution in [1.82, 2.24) is 24.6 Å². The first-order chi connectivity index (χ1) is 8.56. The Hall–Kier alpha value is -2.05. The fraction of sp³-hybridized carbons (Fsp3) is 0.545. The Balaban J connectivity index is 2.00. The molecule has 2 aromatic heterocycles. The van der Waals surface area contributed by atoms with Crippen LogP contribution in [0.25, 0.3) is 11.2 Å². The van der Waals surface area contributed by atoms with Crippen LogP contribution in [0.5, 0.6) is 0 Å². The maximum Gasteiger partial charge on any atom is 0.220 e. The molecule has 0 bridgehead atoms. The molecule has 1 saturated heterocycles. The maximum absolute atomic E-state index is 11.2. The lowest BCUT2D eigenvalue weighted by Gasteiger charge is -2.12. The van der Waals surface area contributed by atoms with Gasteiger partial charge in [-0.15, -0.1) is 0 Å². The SMILES string of the molecule is Cc1nn(C)c2c1nc(N)n2CC1CCC(=O)N1. The topological polar surface area (TPSA) is 90.8 Å². The molecule has 0 spiro atoms. The van der Waals surface area contributed by atoms with Gasteiger partial charge in [-0.3, -0.25) is 14.0 Å². The second kappa shape index (κ2) is 3.72. The number of aromatic nitrogens is 4. The molecule has 0 saturated carbocycles. The fourth-order valence-corrected chi connectivity index (χ4v) is 2.57. The average Bonchev–Trinajstić information content (AvgIpc) is 2.91. The highest BCUT2D eigenvalue weighted by atomic mass is 16.1. The lowest BCUT2D eigenvalue weighted by atomic mass is 10.2. The van der Waals surface area contributed by atoms with Crippen LogP contribution in [0.2, 0.25) is 0 Å². The van der Waals surface area contributed by atoms with E-state index < -0.39 is 0 Å². The van der Waals surface area contributed by atoms with Crippen molar-refractivity contribution in [2.24, 2.45) is 7.05 Å². The van der Waals surface area contributed by atoms with Gasteiger partial charge in [-0.1, -0.05) is 0 Å². The Bertz CT molecular complexity index is 625. The largest absolute Gasteiger partial charge is 0.369 e. The molecule has 3 N–H and O–H groups in total. The smallest absolute Gasteiger partial charge is 0.220 e. The highest BCUT2D eigenvalue weighted by molar-refractivity contribution is 5.79. The number of amides is 1. The number of carbonyl (C=O) groups excluding carboxylic acids is 1. The number of anilines is 1. The van der Waals surface area contributed by atoms with E-state index in [4.69, 9.17) is 5.73 Å². The number of rotatable bonds is 2. The summed E-state index contributed by atoms with van der Waals surface area (Å²) in [4.78, 5) is 15.6. The molecule has 1 amide bonds. The summed E-state index contributed by atoms with van der Waals surface area (Å²) < 4.78 is 3.70. The number of nitrogens with one attached hydrogen (secondary N) is 1. The minimum absolute atomic E-state index is 0.108. The third kappa shape index (κ3) is 1.54. The molecule has 1 unspecified atom stereocenters. The predicted molar refractivity (Wildman–Crippen MR) is 66.8 cm³/mol. The number of nitrogen functional groups attached to an aromatic ring is 1. The number of hydrogen-bond acceptors (Lipinski definition) is 4. The molecule has 7 nitrogen and oxygen atoms in total. The van der Waals surface area contributed by atoms with E-state index in [0.717, 1.165) is 23.3 Å². The number of carbonyl (C=O) groups is 1. The van der Waals surface area contributed by atoms with Crippen LogP contribution in [0.4, 0.5) is 5.95 Å². The van der Waals surface area contributed by atoms with Gasteiger partial charge in [-0.05, 0) is 13.3 Å². The number of imidazole rings is 1. The van der Waals surface area contributed by atoms with E-state index in [1.165, 1.54) is 0 Å². The third-order valence-corrected chi connectivity index (χ3v) is 3.41. The standard InChI is InChI=1S/C11H16N6O/c1-6-9-10(16(2)15-6)17(11(12)14-9)5-7-3-4-8(18)13-7/h7H,3-5H2,1-2H3,(H2,12,14)(H,13,18). The van der Waals surface area contributed by atoms with Crippen molar-refractivity contribution < 1.29 is 4.79 Å². The molecular weight excluding hydrogens is 232 g/mol. The maximum atomic E-state index is 11.2. The molecule has 3 rings (SSSR count). The molecule has 0 radical (unpaired) electrons. The van der Waals surface area contributed by atoms with E-state index in [1.807, 2.05) is 18.5 Å². The van der Waals surface area contributed by atoms with Gasteiger partial charge in [0.2, 0.25) is 11.9 Å². The van der Waals surface area contributed by atoms with Crippen molar-refractivity contribution in [2.45, 2.75) is 32.4 Å². The van der Waals surface area contributed by atoms with Crippen molar-refractivity contribution in [3.05, 3.63) is 5.69 Å². The van der Waals surface area contributed by atoms with Crippen molar-refractivity contribution in [1.29, 1.82) is 0 Å². The number of nitrogens with two attached hydrogens (primary N) is 1. The molecule has 96 valence electrons. The summed E-state index contributed by atoms with van der Waals surface area (Å²) in [5.41, 5.74) is 8.56. The van der Waals surface area contributed by atoms with Crippen molar-refractivity contribution in [3.63, 3.8) is 0 Å². The Kier molecular flexibility index (Phi) is 2.29. The van der Waals surface area contributed by atoms with Gasteiger partial charge in [0.05, 0.1) is 5.69 Å². The summed E-state index contributed by atoms with van der Waals surface area (Å²) in [6.07, 6.45) is 1.43. The third-order valence-electron chi connectivity index (χ3n) is 3.41. The van der Waals surface area contributed by atoms with E-state index in [0.29, 0.717) is 18.9 Å². The second-order valence-corrected chi connectivity index (χ2v) is 4.76. The van der Waals surface area contributed by atoms with Crippen LogP contribution in [0, 0.1) is 6.92 Å². The van der Waals surface area contributed by atoms with Crippen molar-refractivity contribution >= 4 is 23.0 Å². The van der Waals surface area contributed by atoms with Gasteiger partial charge in [0, 0.05) is 26.1 Å². The molecule has 0 aliphatic carbocycles. The zero-order valence-electron chi connectivity index (χ0n) is 10.5. The fourth-order valence-electron chi connectivity index (χ4n) is 2.57. The van der Waals surface area contributed by atoms with Crippen LogP contribution in [0.3, 0.4) is 0 Å². The first kappa shape index (κ1) is 11.1. The first-order valence-corrected chi connectivity index (χ1v) is 6.01. The zero-order chi connectivity index (χ0) is 12.9. The van der Waals surface area contributed by atoms with Crippen LogP contribution in [-0.4, -0.2) is 31.3 Å². The van der Waals surface area contributed by atoms with Crippen LogP contribution >= 0.6 is 0 Å². The molecule has 18 heavy (non-hydrogen) atoms. The Morgan fingerprint density at radius 2 is 2.33 bits per heavy atom. The minimum Gasteiger partial charge on any atom is -0.369 e.